The number of nitriles is 1. The van der Waals surface area contributed by atoms with Crippen LogP contribution >= 0.6 is 0 Å². The highest BCUT2D eigenvalue weighted by Gasteiger charge is 2.38. The van der Waals surface area contributed by atoms with Crippen LogP contribution in [0, 0.1) is 35.0 Å². The van der Waals surface area contributed by atoms with Gasteiger partial charge in [0, 0.05) is 12.6 Å². The summed E-state index contributed by atoms with van der Waals surface area (Å²) in [6.45, 7) is 5.84. The molecule has 0 amide bonds. The van der Waals surface area contributed by atoms with E-state index < -0.39 is 0 Å². The lowest BCUT2D eigenvalue weighted by Gasteiger charge is -2.38. The lowest BCUT2D eigenvalue weighted by atomic mass is 9.77. The SMILES string of the molecule is CCC1CCC(C#N)C(N(C)CC2CC2C)C1. The first-order valence-corrected chi connectivity index (χ1v) is 7.25. The van der Waals surface area contributed by atoms with E-state index in [1.807, 2.05) is 0 Å². The van der Waals surface area contributed by atoms with Crippen LogP contribution in [-0.4, -0.2) is 24.5 Å². The van der Waals surface area contributed by atoms with Crippen molar-refractivity contribution >= 4 is 0 Å². The zero-order chi connectivity index (χ0) is 12.4. The number of nitrogens with zero attached hydrogens (tertiary/aromatic N) is 2. The second-order valence-electron chi connectivity index (χ2n) is 6.30. The summed E-state index contributed by atoms with van der Waals surface area (Å²) in [5.74, 6) is 2.95. The minimum Gasteiger partial charge on any atom is -0.302 e. The second-order valence-corrected chi connectivity index (χ2v) is 6.30. The third-order valence-corrected chi connectivity index (χ3v) is 5.03. The van der Waals surface area contributed by atoms with Crippen molar-refractivity contribution < 1.29 is 0 Å². The van der Waals surface area contributed by atoms with E-state index >= 15 is 0 Å². The summed E-state index contributed by atoms with van der Waals surface area (Å²) in [7, 11) is 2.23. The Morgan fingerprint density at radius 1 is 1.29 bits per heavy atom. The highest BCUT2D eigenvalue weighted by atomic mass is 15.1. The van der Waals surface area contributed by atoms with E-state index in [9.17, 15) is 5.26 Å². The summed E-state index contributed by atoms with van der Waals surface area (Å²) >= 11 is 0. The molecule has 0 saturated heterocycles. The molecular weight excluding hydrogens is 208 g/mol. The third kappa shape index (κ3) is 3.01. The van der Waals surface area contributed by atoms with Gasteiger partial charge in [-0.1, -0.05) is 20.3 Å². The quantitative estimate of drug-likeness (QED) is 0.746. The van der Waals surface area contributed by atoms with Crippen molar-refractivity contribution in [3.8, 4) is 6.07 Å². The van der Waals surface area contributed by atoms with Gasteiger partial charge >= 0.3 is 0 Å². The van der Waals surface area contributed by atoms with E-state index in [4.69, 9.17) is 0 Å². The first-order valence-electron chi connectivity index (χ1n) is 7.25. The Bertz CT molecular complexity index is 294. The molecule has 2 saturated carbocycles. The molecule has 0 bridgehead atoms. The molecule has 2 aliphatic rings. The average Bonchev–Trinajstić information content (AvgIpc) is 3.03. The van der Waals surface area contributed by atoms with Crippen LogP contribution in [0.3, 0.4) is 0 Å². The van der Waals surface area contributed by atoms with E-state index in [0.29, 0.717) is 6.04 Å². The molecule has 17 heavy (non-hydrogen) atoms. The highest BCUT2D eigenvalue weighted by Crippen LogP contribution is 2.40. The van der Waals surface area contributed by atoms with Gasteiger partial charge in [0.05, 0.1) is 12.0 Å². The van der Waals surface area contributed by atoms with Gasteiger partial charge in [-0.3, -0.25) is 0 Å². The maximum Gasteiger partial charge on any atom is 0.0672 e. The monoisotopic (exact) mass is 234 g/mol. The fourth-order valence-electron chi connectivity index (χ4n) is 3.40. The number of rotatable bonds is 4. The summed E-state index contributed by atoms with van der Waals surface area (Å²) in [5.41, 5.74) is 0. The van der Waals surface area contributed by atoms with Crippen molar-refractivity contribution in [3.05, 3.63) is 0 Å². The molecule has 0 N–H and O–H groups in total. The molecule has 0 aromatic heterocycles. The minimum absolute atomic E-state index is 0.275. The highest BCUT2D eigenvalue weighted by molar-refractivity contribution is 4.98. The van der Waals surface area contributed by atoms with Crippen LogP contribution in [0.5, 0.6) is 0 Å². The van der Waals surface area contributed by atoms with Crippen LogP contribution in [-0.2, 0) is 0 Å². The van der Waals surface area contributed by atoms with Crippen LogP contribution in [0.2, 0.25) is 0 Å². The van der Waals surface area contributed by atoms with E-state index in [0.717, 1.165) is 24.2 Å². The number of hydrogen-bond donors (Lipinski definition) is 0. The minimum atomic E-state index is 0.275. The smallest absolute Gasteiger partial charge is 0.0672 e. The average molecular weight is 234 g/mol. The summed E-state index contributed by atoms with van der Waals surface area (Å²) in [4.78, 5) is 2.49. The normalized spacial score (nSPS) is 41.2. The third-order valence-electron chi connectivity index (χ3n) is 5.03. The van der Waals surface area contributed by atoms with Gasteiger partial charge in [0.1, 0.15) is 0 Å². The van der Waals surface area contributed by atoms with Crippen LogP contribution in [0.15, 0.2) is 0 Å². The summed E-state index contributed by atoms with van der Waals surface area (Å²) in [6, 6.07) is 3.06. The maximum atomic E-state index is 9.29. The van der Waals surface area contributed by atoms with E-state index in [1.165, 1.54) is 32.2 Å². The van der Waals surface area contributed by atoms with E-state index in [1.54, 1.807) is 0 Å². The van der Waals surface area contributed by atoms with Crippen LogP contribution in [0.25, 0.3) is 0 Å². The Morgan fingerprint density at radius 3 is 2.53 bits per heavy atom. The molecule has 2 nitrogen and oxygen atoms in total. The van der Waals surface area contributed by atoms with Crippen molar-refractivity contribution in [2.45, 2.75) is 52.0 Å². The molecule has 5 unspecified atom stereocenters. The molecule has 2 heteroatoms. The first-order chi connectivity index (χ1) is 8.15. The Morgan fingerprint density at radius 2 is 2.00 bits per heavy atom. The predicted octanol–water partition coefficient (Wildman–Crippen LogP) is 3.29. The zero-order valence-electron chi connectivity index (χ0n) is 11.5. The van der Waals surface area contributed by atoms with Gasteiger partial charge in [-0.2, -0.15) is 5.26 Å². The van der Waals surface area contributed by atoms with Gasteiger partial charge in [-0.25, -0.2) is 0 Å². The standard InChI is InChI=1S/C15H26N2/c1-4-12-5-6-13(9-16)15(8-12)17(3)10-14-7-11(14)2/h11-15H,4-8,10H2,1-3H3. The maximum absolute atomic E-state index is 9.29. The molecule has 2 aliphatic carbocycles. The molecule has 0 aromatic rings. The molecule has 5 atom stereocenters. The molecule has 0 spiro atoms. The van der Waals surface area contributed by atoms with Gasteiger partial charge in [0.15, 0.2) is 0 Å². The van der Waals surface area contributed by atoms with Gasteiger partial charge in [0.2, 0.25) is 0 Å². The Kier molecular flexibility index (Phi) is 4.09. The second kappa shape index (κ2) is 5.40. The lowest BCUT2D eigenvalue weighted by molar-refractivity contribution is 0.118. The van der Waals surface area contributed by atoms with Crippen LogP contribution in [0.4, 0.5) is 0 Å². The Hall–Kier alpha value is -0.550. The summed E-state index contributed by atoms with van der Waals surface area (Å²) in [5, 5.41) is 9.29. The fraction of sp³-hybridized carbons (Fsp3) is 0.933. The molecule has 0 aliphatic heterocycles. The molecule has 0 heterocycles. The first kappa shape index (κ1) is 12.9. The summed E-state index contributed by atoms with van der Waals surface area (Å²) < 4.78 is 0. The largest absolute Gasteiger partial charge is 0.302 e. The molecule has 96 valence electrons. The zero-order valence-corrected chi connectivity index (χ0v) is 11.5. The van der Waals surface area contributed by atoms with Crippen molar-refractivity contribution in [3.63, 3.8) is 0 Å². The molecule has 2 fully saturated rings. The topological polar surface area (TPSA) is 27.0 Å². The summed E-state index contributed by atoms with van der Waals surface area (Å²) in [6.07, 6.45) is 6.29. The lowest BCUT2D eigenvalue weighted by Crippen LogP contribution is -2.42. The molecule has 0 radical (unpaired) electrons. The van der Waals surface area contributed by atoms with Gasteiger partial charge in [0.25, 0.3) is 0 Å². The van der Waals surface area contributed by atoms with Crippen molar-refractivity contribution in [2.75, 3.05) is 13.6 Å². The van der Waals surface area contributed by atoms with Gasteiger partial charge in [-0.15, -0.1) is 0 Å². The van der Waals surface area contributed by atoms with E-state index in [2.05, 4.69) is 31.9 Å². The van der Waals surface area contributed by atoms with E-state index in [-0.39, 0.29) is 5.92 Å². The Labute approximate surface area is 106 Å². The predicted molar refractivity (Wildman–Crippen MR) is 70.4 cm³/mol. The Balaban J connectivity index is 1.92. The van der Waals surface area contributed by atoms with Crippen molar-refractivity contribution in [1.82, 2.24) is 4.90 Å². The fourth-order valence-corrected chi connectivity index (χ4v) is 3.40. The van der Waals surface area contributed by atoms with Crippen molar-refractivity contribution in [1.29, 1.82) is 5.26 Å². The van der Waals surface area contributed by atoms with Gasteiger partial charge in [-0.05, 0) is 50.5 Å². The van der Waals surface area contributed by atoms with Crippen LogP contribution in [0.1, 0.15) is 46.0 Å². The molecule has 2 rings (SSSR count). The van der Waals surface area contributed by atoms with Gasteiger partial charge < -0.3 is 4.90 Å². The van der Waals surface area contributed by atoms with Crippen molar-refractivity contribution in [2.24, 2.45) is 23.7 Å². The molecule has 0 aromatic carbocycles. The number of hydrogen-bond acceptors (Lipinski definition) is 2. The van der Waals surface area contributed by atoms with Crippen LogP contribution < -0.4 is 0 Å². The molecular formula is C15H26N2.